The summed E-state index contributed by atoms with van der Waals surface area (Å²) in [6, 6.07) is 6.09. The minimum atomic E-state index is -4.93. The number of amides is 1. The second-order valence-corrected chi connectivity index (χ2v) is 14.9. The molecule has 4 fully saturated rings. The van der Waals surface area contributed by atoms with Crippen molar-refractivity contribution in [1.29, 1.82) is 0 Å². The van der Waals surface area contributed by atoms with Crippen molar-refractivity contribution in [2.45, 2.75) is 69.0 Å². The van der Waals surface area contributed by atoms with E-state index in [1.54, 1.807) is 23.1 Å². The quantitative estimate of drug-likeness (QED) is 0.158. The summed E-state index contributed by atoms with van der Waals surface area (Å²) in [7, 11) is 0. The zero-order chi connectivity index (χ0) is 38.1. The first kappa shape index (κ1) is 36.3. The SMILES string of the molecule is Cc1cc(N)nc(-c2c(Cl)cc3c(N4CC5CCC(C4)N5C(=O)/C(F)=C/c4ccccn4)nc(OCC45CCCN4CC(F)C5)nc3c2F)c1C(F)(F)F. The summed E-state index contributed by atoms with van der Waals surface area (Å²) in [5.41, 5.74) is 2.24. The monoisotopic (exact) mass is 772 g/mol. The molecule has 4 aliphatic rings. The van der Waals surface area contributed by atoms with Crippen molar-refractivity contribution in [3.05, 3.63) is 70.0 Å². The second kappa shape index (κ2) is 13.6. The number of aromatic nitrogens is 4. The molecular weight excluding hydrogens is 738 g/mol. The maximum atomic E-state index is 16.9. The van der Waals surface area contributed by atoms with E-state index in [-0.39, 0.29) is 71.8 Å². The van der Waals surface area contributed by atoms with Gasteiger partial charge in [-0.25, -0.2) is 18.2 Å². The number of anilines is 2. The Morgan fingerprint density at radius 3 is 2.59 bits per heavy atom. The number of nitrogens with zero attached hydrogens (tertiary/aromatic N) is 7. The molecule has 17 heteroatoms. The van der Waals surface area contributed by atoms with Crippen LogP contribution in [0.2, 0.25) is 5.02 Å². The number of alkyl halides is 4. The lowest BCUT2D eigenvalue weighted by atomic mass is 9.95. The Kier molecular flexibility index (Phi) is 9.11. The molecule has 2 bridgehead atoms. The van der Waals surface area contributed by atoms with Crippen LogP contribution in [0.1, 0.15) is 48.9 Å². The number of carbonyl (C=O) groups is 1. The first-order chi connectivity index (χ1) is 25.7. The van der Waals surface area contributed by atoms with E-state index in [1.165, 1.54) is 24.1 Å². The van der Waals surface area contributed by atoms with Crippen molar-refractivity contribution >= 4 is 46.1 Å². The van der Waals surface area contributed by atoms with Gasteiger partial charge in [-0.15, -0.1) is 0 Å². The maximum Gasteiger partial charge on any atom is 0.418 e. The minimum Gasteiger partial charge on any atom is -0.461 e. The van der Waals surface area contributed by atoms with Gasteiger partial charge >= 0.3 is 12.2 Å². The highest BCUT2D eigenvalue weighted by molar-refractivity contribution is 6.34. The number of hydrogen-bond donors (Lipinski definition) is 1. The standard InChI is InChI=1S/C37H35ClF6N8O2/c1-19-11-27(45)47-32(29(19)37(42,43)44)28-25(38)13-24-31(30(28)41)48-35(54-18-36-8-4-10-51(36)15-20(39)14-36)49-33(24)50-16-22-6-7-23(17-50)52(22)34(53)26(40)12-21-5-2-3-9-46-21/h2-3,5,9,11-13,20,22-23H,4,6-8,10,14-18H2,1H3,(H2,45,47)/b26-12-. The zero-order valence-corrected chi connectivity index (χ0v) is 29.8. The summed E-state index contributed by atoms with van der Waals surface area (Å²) in [5, 5.41) is -0.311. The van der Waals surface area contributed by atoms with Gasteiger partial charge < -0.3 is 20.3 Å². The molecule has 0 spiro atoms. The lowest BCUT2D eigenvalue weighted by Gasteiger charge is -2.41. The first-order valence-electron chi connectivity index (χ1n) is 17.6. The molecule has 0 radical (unpaired) electrons. The van der Waals surface area contributed by atoms with Gasteiger partial charge in [-0.3, -0.25) is 14.7 Å². The predicted octanol–water partition coefficient (Wildman–Crippen LogP) is 6.93. The van der Waals surface area contributed by atoms with Crippen LogP contribution < -0.4 is 15.4 Å². The van der Waals surface area contributed by atoms with E-state index < -0.39 is 64.3 Å². The molecule has 4 atom stereocenters. The molecule has 2 N–H and O–H groups in total. The topological polar surface area (TPSA) is 114 Å². The van der Waals surface area contributed by atoms with Crippen LogP contribution >= 0.6 is 11.6 Å². The van der Waals surface area contributed by atoms with Gasteiger partial charge in [0, 0.05) is 43.7 Å². The predicted molar refractivity (Wildman–Crippen MR) is 190 cm³/mol. The summed E-state index contributed by atoms with van der Waals surface area (Å²) in [6.45, 7) is 2.49. The zero-order valence-electron chi connectivity index (χ0n) is 29.0. The fourth-order valence-corrected chi connectivity index (χ4v) is 9.03. The molecule has 8 rings (SSSR count). The van der Waals surface area contributed by atoms with E-state index in [2.05, 4.69) is 19.9 Å². The number of benzene rings is 1. The van der Waals surface area contributed by atoms with Crippen LogP contribution in [0, 0.1) is 12.7 Å². The van der Waals surface area contributed by atoms with Crippen LogP contribution in [0.15, 0.2) is 42.4 Å². The number of fused-ring (bicyclic) bond motifs is 4. The fraction of sp³-hybridized carbons (Fsp3) is 0.432. The minimum absolute atomic E-state index is 0.00400. The van der Waals surface area contributed by atoms with Crippen LogP contribution in [0.3, 0.4) is 0 Å². The molecule has 10 nitrogen and oxygen atoms in total. The average molecular weight is 773 g/mol. The van der Waals surface area contributed by atoms with Gasteiger partial charge in [0.1, 0.15) is 29.9 Å². The van der Waals surface area contributed by atoms with E-state index in [0.29, 0.717) is 31.5 Å². The van der Waals surface area contributed by atoms with Crippen LogP contribution in [-0.4, -0.2) is 92.2 Å². The van der Waals surface area contributed by atoms with E-state index in [0.717, 1.165) is 18.6 Å². The van der Waals surface area contributed by atoms with Crippen molar-refractivity contribution in [3.8, 4) is 17.3 Å². The smallest absolute Gasteiger partial charge is 0.418 e. The lowest BCUT2D eigenvalue weighted by molar-refractivity contribution is -0.137. The number of nitrogen functional groups attached to an aromatic ring is 1. The molecule has 1 aromatic carbocycles. The molecule has 7 heterocycles. The number of carbonyl (C=O) groups excluding carboxylic acids is 1. The summed E-state index contributed by atoms with van der Waals surface area (Å²) < 4.78 is 96.1. The van der Waals surface area contributed by atoms with Gasteiger partial charge in [-0.1, -0.05) is 17.7 Å². The number of rotatable bonds is 7. The Balaban J connectivity index is 1.20. The molecule has 0 aliphatic carbocycles. The summed E-state index contributed by atoms with van der Waals surface area (Å²) in [4.78, 5) is 35.7. The van der Waals surface area contributed by atoms with Crippen molar-refractivity contribution < 1.29 is 35.9 Å². The van der Waals surface area contributed by atoms with Crippen molar-refractivity contribution in [3.63, 3.8) is 0 Å². The van der Waals surface area contributed by atoms with Gasteiger partial charge in [0.15, 0.2) is 11.6 Å². The summed E-state index contributed by atoms with van der Waals surface area (Å²) >= 11 is 6.64. The molecule has 1 amide bonds. The Labute approximate surface area is 311 Å². The Hall–Kier alpha value is -4.70. The number of nitrogens with two attached hydrogens (primary N) is 1. The Morgan fingerprint density at radius 2 is 1.89 bits per heavy atom. The van der Waals surface area contributed by atoms with Gasteiger partial charge in [0.25, 0.3) is 5.91 Å². The molecule has 3 aromatic heterocycles. The van der Waals surface area contributed by atoms with Gasteiger partial charge in [0.05, 0.1) is 45.2 Å². The molecule has 54 heavy (non-hydrogen) atoms. The number of pyridine rings is 2. The molecule has 0 saturated carbocycles. The Morgan fingerprint density at radius 1 is 1.13 bits per heavy atom. The van der Waals surface area contributed by atoms with Crippen molar-refractivity contribution in [1.82, 2.24) is 29.7 Å². The van der Waals surface area contributed by atoms with Crippen LogP contribution in [0.4, 0.5) is 38.0 Å². The molecule has 4 saturated heterocycles. The fourth-order valence-electron chi connectivity index (χ4n) is 8.75. The Bertz CT molecular complexity index is 2160. The number of hydrogen-bond acceptors (Lipinski definition) is 9. The number of aryl methyl sites for hydroxylation is 1. The normalized spacial score (nSPS) is 24.4. The number of piperazine rings is 1. The van der Waals surface area contributed by atoms with Crippen LogP contribution in [-0.2, 0) is 11.0 Å². The molecule has 4 aromatic rings. The third kappa shape index (κ3) is 6.36. The highest BCUT2D eigenvalue weighted by Crippen LogP contribution is 2.46. The largest absolute Gasteiger partial charge is 0.461 e. The van der Waals surface area contributed by atoms with E-state index >= 15 is 8.78 Å². The highest BCUT2D eigenvalue weighted by atomic mass is 35.5. The first-order valence-corrected chi connectivity index (χ1v) is 18.0. The van der Waals surface area contributed by atoms with E-state index in [1.807, 2.05) is 4.90 Å². The van der Waals surface area contributed by atoms with E-state index in [4.69, 9.17) is 22.1 Å². The maximum absolute atomic E-state index is 16.9. The van der Waals surface area contributed by atoms with Gasteiger partial charge in [0.2, 0.25) is 0 Å². The molecular formula is C37H35ClF6N8O2. The second-order valence-electron chi connectivity index (χ2n) is 14.5. The van der Waals surface area contributed by atoms with Crippen molar-refractivity contribution in [2.24, 2.45) is 0 Å². The van der Waals surface area contributed by atoms with Gasteiger partial charge in [-0.2, -0.15) is 23.1 Å². The lowest BCUT2D eigenvalue weighted by Crippen LogP contribution is -2.56. The highest BCUT2D eigenvalue weighted by Gasteiger charge is 2.50. The number of halogens is 7. The third-order valence-corrected chi connectivity index (χ3v) is 11.3. The molecule has 4 unspecified atom stereocenters. The average Bonchev–Trinajstić information content (AvgIpc) is 3.72. The van der Waals surface area contributed by atoms with Crippen molar-refractivity contribution in [2.75, 3.05) is 43.4 Å². The summed E-state index contributed by atoms with van der Waals surface area (Å²) in [6.07, 6.45) is -0.531. The number of ether oxygens (including phenoxy) is 1. The summed E-state index contributed by atoms with van der Waals surface area (Å²) in [5.74, 6) is -3.04. The van der Waals surface area contributed by atoms with E-state index in [9.17, 15) is 22.4 Å². The van der Waals surface area contributed by atoms with Gasteiger partial charge in [-0.05, 0) is 69.0 Å². The third-order valence-electron chi connectivity index (χ3n) is 11.0. The molecule has 284 valence electrons. The van der Waals surface area contributed by atoms with Crippen LogP contribution in [0.25, 0.3) is 28.2 Å². The molecule has 4 aliphatic heterocycles. The van der Waals surface area contributed by atoms with Crippen LogP contribution in [0.5, 0.6) is 6.01 Å².